The van der Waals surface area contributed by atoms with Crippen molar-refractivity contribution in [2.24, 2.45) is 0 Å². The van der Waals surface area contributed by atoms with Gasteiger partial charge in [0.2, 0.25) is 0 Å². The molecule has 1 fully saturated rings. The molecule has 0 saturated carbocycles. The van der Waals surface area contributed by atoms with Gasteiger partial charge in [0.05, 0.1) is 24.8 Å². The van der Waals surface area contributed by atoms with E-state index in [9.17, 15) is 0 Å². The van der Waals surface area contributed by atoms with Crippen LogP contribution in [0.4, 0.5) is 0 Å². The van der Waals surface area contributed by atoms with Gasteiger partial charge in [-0.25, -0.2) is 0 Å². The molecule has 3 heterocycles. The normalized spacial score (nSPS) is 22.9. The van der Waals surface area contributed by atoms with Gasteiger partial charge in [-0.05, 0) is 46.0 Å². The summed E-state index contributed by atoms with van der Waals surface area (Å²) in [7, 11) is 0. The highest BCUT2D eigenvalue weighted by atomic mass is 79.9. The molecule has 4 heteroatoms. The van der Waals surface area contributed by atoms with Gasteiger partial charge in [0.25, 0.3) is 0 Å². The van der Waals surface area contributed by atoms with Gasteiger partial charge in [0.15, 0.2) is 0 Å². The van der Waals surface area contributed by atoms with E-state index in [1.165, 1.54) is 39.3 Å². The second kappa shape index (κ2) is 4.62. The van der Waals surface area contributed by atoms with Crippen molar-refractivity contribution < 1.29 is 4.74 Å². The van der Waals surface area contributed by atoms with Crippen LogP contribution >= 0.6 is 15.9 Å². The molecule has 3 nitrogen and oxygen atoms in total. The molecule has 1 aromatic carbocycles. The van der Waals surface area contributed by atoms with Crippen LogP contribution in [0.5, 0.6) is 0 Å². The fraction of sp³-hybridized carbons (Fsp3) is 0.467. The van der Waals surface area contributed by atoms with Gasteiger partial charge in [-0.15, -0.1) is 0 Å². The van der Waals surface area contributed by atoms with Gasteiger partial charge in [0.1, 0.15) is 0 Å². The summed E-state index contributed by atoms with van der Waals surface area (Å²) in [6.07, 6.45) is 4.65. The van der Waals surface area contributed by atoms with Gasteiger partial charge in [-0.1, -0.05) is 6.07 Å². The molecule has 1 saturated heterocycles. The summed E-state index contributed by atoms with van der Waals surface area (Å²) in [5.74, 6) is 0. The van der Waals surface area contributed by atoms with Crippen molar-refractivity contribution in [3.05, 3.63) is 33.9 Å². The molecule has 2 aromatic rings. The van der Waals surface area contributed by atoms with Crippen LogP contribution in [0.15, 0.2) is 22.8 Å². The number of aryl methyl sites for hydroxylation is 2. The maximum Gasteiger partial charge on any atom is 0.0662 e. The van der Waals surface area contributed by atoms with Crippen LogP contribution in [0, 0.1) is 0 Å². The number of ether oxygens (including phenoxy) is 1. The minimum atomic E-state index is 0.339. The molecular formula is C15H17BrN2O. The highest BCUT2D eigenvalue weighted by Gasteiger charge is 2.21. The van der Waals surface area contributed by atoms with Crippen molar-refractivity contribution in [3.63, 3.8) is 0 Å². The predicted octanol–water partition coefficient (Wildman–Crippen LogP) is 3.01. The molecule has 19 heavy (non-hydrogen) atoms. The van der Waals surface area contributed by atoms with Crippen LogP contribution in [-0.2, 0) is 17.7 Å². The first-order valence-corrected chi connectivity index (χ1v) is 7.74. The number of benzene rings is 1. The van der Waals surface area contributed by atoms with E-state index in [4.69, 9.17) is 4.74 Å². The Morgan fingerprint density at radius 3 is 3.16 bits per heavy atom. The summed E-state index contributed by atoms with van der Waals surface area (Å²) in [4.78, 5) is 0. The number of halogens is 1. The summed E-state index contributed by atoms with van der Waals surface area (Å²) in [5.41, 5.74) is 4.26. The Balaban J connectivity index is 1.87. The van der Waals surface area contributed by atoms with Gasteiger partial charge in [-0.2, -0.15) is 0 Å². The van der Waals surface area contributed by atoms with E-state index in [0.717, 1.165) is 26.3 Å². The molecule has 1 aromatic heterocycles. The third kappa shape index (κ3) is 1.93. The van der Waals surface area contributed by atoms with Crippen LogP contribution in [0.3, 0.4) is 0 Å². The third-order valence-electron chi connectivity index (χ3n) is 4.19. The van der Waals surface area contributed by atoms with Crippen LogP contribution in [0.25, 0.3) is 10.9 Å². The first-order valence-electron chi connectivity index (χ1n) is 6.95. The zero-order valence-electron chi connectivity index (χ0n) is 10.8. The van der Waals surface area contributed by atoms with Crippen molar-refractivity contribution in [1.29, 1.82) is 0 Å². The van der Waals surface area contributed by atoms with Crippen molar-refractivity contribution in [3.8, 4) is 0 Å². The molecule has 2 aliphatic heterocycles. The molecule has 4 rings (SSSR count). The topological polar surface area (TPSA) is 26.2 Å². The van der Waals surface area contributed by atoms with Crippen molar-refractivity contribution in [2.45, 2.75) is 25.4 Å². The number of hydrogen-bond acceptors (Lipinski definition) is 2. The van der Waals surface area contributed by atoms with Crippen molar-refractivity contribution >= 4 is 26.8 Å². The van der Waals surface area contributed by atoms with Crippen LogP contribution in [0.2, 0.25) is 0 Å². The Morgan fingerprint density at radius 1 is 1.37 bits per heavy atom. The first kappa shape index (κ1) is 11.9. The molecule has 0 radical (unpaired) electrons. The van der Waals surface area contributed by atoms with E-state index in [0.29, 0.717) is 6.04 Å². The molecule has 0 spiro atoms. The summed E-state index contributed by atoms with van der Waals surface area (Å²) in [6.45, 7) is 3.69. The molecule has 0 aliphatic carbocycles. The Bertz CT molecular complexity index is 629. The van der Waals surface area contributed by atoms with Gasteiger partial charge in [0, 0.05) is 29.1 Å². The van der Waals surface area contributed by atoms with E-state index in [1.807, 2.05) is 0 Å². The molecule has 1 N–H and O–H groups in total. The van der Waals surface area contributed by atoms with E-state index in [1.54, 1.807) is 0 Å². The first-order chi connectivity index (χ1) is 9.33. The molecule has 1 atom stereocenters. The van der Waals surface area contributed by atoms with E-state index in [2.05, 4.69) is 44.1 Å². The lowest BCUT2D eigenvalue weighted by atomic mass is 9.97. The lowest BCUT2D eigenvalue weighted by Gasteiger charge is -2.25. The zero-order valence-corrected chi connectivity index (χ0v) is 12.4. The average molecular weight is 321 g/mol. The number of aromatic nitrogens is 1. The number of nitrogens with one attached hydrogen (secondary N) is 1. The second-order valence-electron chi connectivity index (χ2n) is 5.43. The van der Waals surface area contributed by atoms with Gasteiger partial charge >= 0.3 is 0 Å². The number of rotatable bonds is 1. The highest BCUT2D eigenvalue weighted by Crippen LogP contribution is 2.35. The monoisotopic (exact) mass is 320 g/mol. The number of hydrogen-bond donors (Lipinski definition) is 1. The van der Waals surface area contributed by atoms with Gasteiger partial charge < -0.3 is 14.6 Å². The largest absolute Gasteiger partial charge is 0.378 e. The molecule has 2 aliphatic rings. The number of morpholine rings is 1. The maximum absolute atomic E-state index is 5.59. The Labute approximate surface area is 121 Å². The molecule has 0 bridgehead atoms. The fourth-order valence-electron chi connectivity index (χ4n) is 3.30. The summed E-state index contributed by atoms with van der Waals surface area (Å²) in [5, 5.41) is 4.90. The van der Waals surface area contributed by atoms with Gasteiger partial charge in [-0.3, -0.25) is 0 Å². The summed E-state index contributed by atoms with van der Waals surface area (Å²) >= 11 is 3.71. The van der Waals surface area contributed by atoms with Crippen molar-refractivity contribution in [2.75, 3.05) is 19.8 Å². The van der Waals surface area contributed by atoms with Crippen LogP contribution in [-0.4, -0.2) is 24.3 Å². The lowest BCUT2D eigenvalue weighted by molar-refractivity contribution is 0.0769. The smallest absolute Gasteiger partial charge is 0.0662 e. The maximum atomic E-state index is 5.59. The minimum absolute atomic E-state index is 0.339. The average Bonchev–Trinajstić information content (AvgIpc) is 2.78. The van der Waals surface area contributed by atoms with Crippen molar-refractivity contribution in [1.82, 2.24) is 9.88 Å². The lowest BCUT2D eigenvalue weighted by Crippen LogP contribution is -2.34. The molecular weight excluding hydrogens is 304 g/mol. The third-order valence-corrected chi connectivity index (χ3v) is 4.83. The Hall–Kier alpha value is -0.840. The van der Waals surface area contributed by atoms with E-state index < -0.39 is 0 Å². The second-order valence-corrected chi connectivity index (χ2v) is 6.29. The molecule has 100 valence electrons. The van der Waals surface area contributed by atoms with E-state index >= 15 is 0 Å². The Morgan fingerprint density at radius 2 is 2.32 bits per heavy atom. The summed E-state index contributed by atoms with van der Waals surface area (Å²) in [6, 6.07) is 5.03. The summed E-state index contributed by atoms with van der Waals surface area (Å²) < 4.78 is 9.19. The van der Waals surface area contributed by atoms with Crippen LogP contribution in [0.1, 0.15) is 23.6 Å². The Kier molecular flexibility index (Phi) is 2.90. The number of nitrogens with zero attached hydrogens (tertiary/aromatic N) is 1. The highest BCUT2D eigenvalue weighted by molar-refractivity contribution is 9.10. The quantitative estimate of drug-likeness (QED) is 0.874. The fourth-order valence-corrected chi connectivity index (χ4v) is 3.85. The van der Waals surface area contributed by atoms with Crippen LogP contribution < -0.4 is 5.32 Å². The molecule has 1 unspecified atom stereocenters. The molecule has 0 amide bonds. The standard InChI is InChI=1S/C15H17BrN2O/c16-13-8-18-4-1-2-10-6-11(7-12(13)15(10)18)14-9-19-5-3-17-14/h6-8,14,17H,1-5,9H2. The zero-order chi connectivity index (χ0) is 12.8. The predicted molar refractivity (Wildman–Crippen MR) is 79.5 cm³/mol. The minimum Gasteiger partial charge on any atom is -0.378 e. The SMILES string of the molecule is Brc1cn2c3c(cc(C4COCCN4)cc13)CCC2. The van der Waals surface area contributed by atoms with E-state index in [-0.39, 0.29) is 0 Å².